The van der Waals surface area contributed by atoms with Crippen LogP contribution in [0.2, 0.25) is 0 Å². The lowest BCUT2D eigenvalue weighted by molar-refractivity contribution is -0.143. The fraction of sp³-hybridized carbons (Fsp3) is 0.462. The van der Waals surface area contributed by atoms with E-state index < -0.39 is 39.3 Å². The van der Waals surface area contributed by atoms with Crippen molar-refractivity contribution in [2.24, 2.45) is 11.8 Å². The van der Waals surface area contributed by atoms with E-state index in [0.717, 1.165) is 6.07 Å². The van der Waals surface area contributed by atoms with Crippen molar-refractivity contribution in [3.63, 3.8) is 0 Å². The van der Waals surface area contributed by atoms with Crippen LogP contribution in [0.5, 0.6) is 0 Å². The predicted octanol–water partition coefficient (Wildman–Crippen LogP) is 1.64. The molecule has 1 aromatic carbocycles. The Morgan fingerprint density at radius 2 is 2.10 bits per heavy atom. The van der Waals surface area contributed by atoms with Crippen LogP contribution in [0.4, 0.5) is 8.78 Å². The average Bonchev–Trinajstić information content (AvgIpc) is 2.71. The zero-order valence-corrected chi connectivity index (χ0v) is 11.4. The number of hydrogen-bond donors (Lipinski definition) is 1. The van der Waals surface area contributed by atoms with Crippen LogP contribution in [0.3, 0.4) is 0 Å². The van der Waals surface area contributed by atoms with Gasteiger partial charge < -0.3 is 5.11 Å². The second-order valence-corrected chi connectivity index (χ2v) is 7.25. The first-order valence-electron chi connectivity index (χ1n) is 6.16. The summed E-state index contributed by atoms with van der Waals surface area (Å²) in [4.78, 5) is 11.3. The lowest BCUT2D eigenvalue weighted by Crippen LogP contribution is -2.27. The van der Waals surface area contributed by atoms with Crippen LogP contribution < -0.4 is 0 Å². The van der Waals surface area contributed by atoms with Crippen LogP contribution in [0.1, 0.15) is 12.0 Å². The molecule has 1 heterocycles. The molecule has 2 atom stereocenters. The van der Waals surface area contributed by atoms with Crippen molar-refractivity contribution in [3.05, 3.63) is 35.4 Å². The zero-order valence-electron chi connectivity index (χ0n) is 10.6. The van der Waals surface area contributed by atoms with Gasteiger partial charge in [-0.1, -0.05) is 12.1 Å². The number of rotatable bonds is 4. The molecule has 0 radical (unpaired) electrons. The van der Waals surface area contributed by atoms with Crippen LogP contribution in [0.15, 0.2) is 18.2 Å². The molecule has 1 saturated heterocycles. The summed E-state index contributed by atoms with van der Waals surface area (Å²) in [7, 11) is -3.22. The van der Waals surface area contributed by atoms with Gasteiger partial charge in [-0.15, -0.1) is 0 Å². The van der Waals surface area contributed by atoms with Gasteiger partial charge in [-0.2, -0.15) is 0 Å². The normalized spacial score (nSPS) is 22.6. The first-order valence-corrected chi connectivity index (χ1v) is 7.98. The van der Waals surface area contributed by atoms with E-state index in [1.165, 1.54) is 12.1 Å². The van der Waals surface area contributed by atoms with Gasteiger partial charge in [-0.05, 0) is 30.4 Å². The molecule has 0 spiro atoms. The Labute approximate surface area is 115 Å². The maximum absolute atomic E-state index is 13.6. The third kappa shape index (κ3) is 3.15. The molecule has 0 aromatic heterocycles. The van der Waals surface area contributed by atoms with Gasteiger partial charge in [0.1, 0.15) is 0 Å². The summed E-state index contributed by atoms with van der Waals surface area (Å²) in [5, 5.41) is 9.21. The SMILES string of the molecule is O=C(O)C(Cc1cccc(F)c1F)C1CCS(=O)(=O)C1. The number of benzene rings is 1. The van der Waals surface area contributed by atoms with Crippen molar-refractivity contribution >= 4 is 15.8 Å². The molecule has 2 rings (SSSR count). The van der Waals surface area contributed by atoms with Crippen molar-refractivity contribution < 1.29 is 27.1 Å². The smallest absolute Gasteiger partial charge is 0.307 e. The number of aliphatic carboxylic acids is 1. The molecule has 1 fully saturated rings. The van der Waals surface area contributed by atoms with E-state index in [4.69, 9.17) is 0 Å². The van der Waals surface area contributed by atoms with Gasteiger partial charge in [0.05, 0.1) is 17.4 Å². The van der Waals surface area contributed by atoms with Gasteiger partial charge in [0.15, 0.2) is 21.5 Å². The molecule has 20 heavy (non-hydrogen) atoms. The highest BCUT2D eigenvalue weighted by atomic mass is 32.2. The van der Waals surface area contributed by atoms with Gasteiger partial charge in [-0.3, -0.25) is 4.79 Å². The molecule has 1 aliphatic rings. The predicted molar refractivity (Wildman–Crippen MR) is 67.9 cm³/mol. The Bertz CT molecular complexity index is 627. The summed E-state index contributed by atoms with van der Waals surface area (Å²) in [6.45, 7) is 0. The van der Waals surface area contributed by atoms with Crippen molar-refractivity contribution in [1.82, 2.24) is 0 Å². The molecule has 4 nitrogen and oxygen atoms in total. The molecule has 7 heteroatoms. The molecule has 1 N–H and O–H groups in total. The summed E-state index contributed by atoms with van der Waals surface area (Å²) < 4.78 is 49.5. The lowest BCUT2D eigenvalue weighted by Gasteiger charge is -2.18. The molecule has 0 bridgehead atoms. The third-order valence-corrected chi connectivity index (χ3v) is 5.42. The first kappa shape index (κ1) is 14.9. The highest BCUT2D eigenvalue weighted by Crippen LogP contribution is 2.29. The molecular formula is C13H14F2O4S. The summed E-state index contributed by atoms with van der Waals surface area (Å²) in [5.74, 6) is -5.13. The maximum atomic E-state index is 13.6. The molecule has 1 aliphatic heterocycles. The minimum atomic E-state index is -3.22. The van der Waals surface area contributed by atoms with Crippen LogP contribution in [0.25, 0.3) is 0 Å². The van der Waals surface area contributed by atoms with Crippen LogP contribution in [-0.4, -0.2) is 31.0 Å². The summed E-state index contributed by atoms with van der Waals surface area (Å²) in [6, 6.07) is 3.57. The Morgan fingerprint density at radius 3 is 2.65 bits per heavy atom. The molecule has 2 unspecified atom stereocenters. The van der Waals surface area contributed by atoms with Gasteiger partial charge in [0.2, 0.25) is 0 Å². The number of carboxylic acid groups (broad SMARTS) is 1. The minimum Gasteiger partial charge on any atom is -0.481 e. The van der Waals surface area contributed by atoms with E-state index in [9.17, 15) is 27.1 Å². The molecule has 0 saturated carbocycles. The molecular weight excluding hydrogens is 290 g/mol. The number of sulfone groups is 1. The largest absolute Gasteiger partial charge is 0.481 e. The fourth-order valence-electron chi connectivity index (χ4n) is 2.54. The van der Waals surface area contributed by atoms with Crippen LogP contribution >= 0.6 is 0 Å². The Kier molecular flexibility index (Phi) is 4.08. The fourth-order valence-corrected chi connectivity index (χ4v) is 4.42. The number of hydrogen-bond acceptors (Lipinski definition) is 3. The second-order valence-electron chi connectivity index (χ2n) is 5.02. The number of halogens is 2. The zero-order chi connectivity index (χ0) is 14.9. The van der Waals surface area contributed by atoms with Crippen molar-refractivity contribution in [3.8, 4) is 0 Å². The van der Waals surface area contributed by atoms with Crippen molar-refractivity contribution in [2.75, 3.05) is 11.5 Å². The molecule has 110 valence electrons. The Morgan fingerprint density at radius 1 is 1.40 bits per heavy atom. The average molecular weight is 304 g/mol. The summed E-state index contributed by atoms with van der Waals surface area (Å²) >= 11 is 0. The Balaban J connectivity index is 2.23. The topological polar surface area (TPSA) is 71.4 Å². The third-order valence-electron chi connectivity index (χ3n) is 3.63. The van der Waals surface area contributed by atoms with E-state index in [2.05, 4.69) is 0 Å². The minimum absolute atomic E-state index is 0.0401. The van der Waals surface area contributed by atoms with Gasteiger partial charge in [0.25, 0.3) is 0 Å². The lowest BCUT2D eigenvalue weighted by atomic mass is 9.86. The highest BCUT2D eigenvalue weighted by Gasteiger charge is 2.37. The van der Waals surface area contributed by atoms with E-state index in [-0.39, 0.29) is 29.9 Å². The summed E-state index contributed by atoms with van der Waals surface area (Å²) in [5.41, 5.74) is -0.0401. The molecule has 0 amide bonds. The van der Waals surface area contributed by atoms with E-state index >= 15 is 0 Å². The number of carboxylic acids is 1. The van der Waals surface area contributed by atoms with Gasteiger partial charge >= 0.3 is 5.97 Å². The van der Waals surface area contributed by atoms with E-state index in [0.29, 0.717) is 0 Å². The van der Waals surface area contributed by atoms with E-state index in [1.54, 1.807) is 0 Å². The second kappa shape index (κ2) is 5.47. The number of carbonyl (C=O) groups is 1. The quantitative estimate of drug-likeness (QED) is 0.918. The monoisotopic (exact) mass is 304 g/mol. The summed E-state index contributed by atoms with van der Waals surface area (Å²) in [6.07, 6.45) is 0.0371. The molecule has 0 aliphatic carbocycles. The van der Waals surface area contributed by atoms with Crippen molar-refractivity contribution in [1.29, 1.82) is 0 Å². The van der Waals surface area contributed by atoms with Crippen LogP contribution in [-0.2, 0) is 21.1 Å². The standard InChI is InChI=1S/C13H14F2O4S/c14-11-3-1-2-8(12(11)15)6-10(13(16)17)9-4-5-20(18,19)7-9/h1-3,9-10H,4-7H2,(H,16,17). The van der Waals surface area contributed by atoms with Gasteiger partial charge in [0, 0.05) is 0 Å². The molecule has 1 aromatic rings. The Hall–Kier alpha value is -1.50. The maximum Gasteiger partial charge on any atom is 0.307 e. The van der Waals surface area contributed by atoms with Gasteiger partial charge in [-0.25, -0.2) is 17.2 Å². The highest BCUT2D eigenvalue weighted by molar-refractivity contribution is 7.91. The van der Waals surface area contributed by atoms with Crippen molar-refractivity contribution in [2.45, 2.75) is 12.8 Å². The first-order chi connectivity index (χ1) is 9.30. The van der Waals surface area contributed by atoms with E-state index in [1.807, 2.05) is 0 Å². The van der Waals surface area contributed by atoms with Crippen LogP contribution in [0, 0.1) is 23.5 Å².